The first kappa shape index (κ1) is 12.9. The Hall–Kier alpha value is -1.07. The molecule has 2 aliphatic heterocycles. The maximum atomic E-state index is 11.5. The van der Waals surface area contributed by atoms with E-state index in [9.17, 15) is 8.42 Å². The third-order valence-electron chi connectivity index (χ3n) is 4.18. The van der Waals surface area contributed by atoms with Crippen LogP contribution in [0.15, 0.2) is 24.3 Å². The van der Waals surface area contributed by atoms with Crippen LogP contribution in [0, 0.1) is 0 Å². The molecule has 0 aliphatic carbocycles. The fourth-order valence-electron chi connectivity index (χ4n) is 3.11. The number of rotatable bonds is 3. The van der Waals surface area contributed by atoms with Gasteiger partial charge in [-0.1, -0.05) is 18.2 Å². The van der Waals surface area contributed by atoms with E-state index in [0.717, 1.165) is 19.4 Å². The topological polar surface area (TPSA) is 49.4 Å². The monoisotopic (exact) mass is 280 g/mol. The van der Waals surface area contributed by atoms with Gasteiger partial charge in [0.25, 0.3) is 0 Å². The Kier molecular flexibility index (Phi) is 3.27. The highest BCUT2D eigenvalue weighted by Gasteiger charge is 2.32. The Morgan fingerprint density at radius 2 is 2.16 bits per heavy atom. The average molecular weight is 280 g/mol. The predicted molar refractivity (Wildman–Crippen MR) is 77.2 cm³/mol. The van der Waals surface area contributed by atoms with Crippen molar-refractivity contribution in [2.24, 2.45) is 0 Å². The molecule has 1 fully saturated rings. The molecule has 104 valence electrons. The lowest BCUT2D eigenvalue weighted by atomic mass is 10.1. The average Bonchev–Trinajstić information content (AvgIpc) is 2.91. The number of benzene rings is 1. The SMILES string of the molecule is CN(CC1Cc2ccccc2N1)C1CCS(=O)(=O)C1. The first-order chi connectivity index (χ1) is 9.03. The van der Waals surface area contributed by atoms with Crippen LogP contribution < -0.4 is 5.32 Å². The number of nitrogens with zero attached hydrogens (tertiary/aromatic N) is 1. The van der Waals surface area contributed by atoms with Gasteiger partial charge in [-0.25, -0.2) is 8.42 Å². The van der Waals surface area contributed by atoms with Crippen molar-refractivity contribution in [2.45, 2.75) is 24.9 Å². The van der Waals surface area contributed by atoms with Crippen molar-refractivity contribution in [3.05, 3.63) is 29.8 Å². The lowest BCUT2D eigenvalue weighted by molar-refractivity contribution is 0.252. The van der Waals surface area contributed by atoms with Gasteiger partial charge in [-0.15, -0.1) is 0 Å². The second-order valence-corrected chi connectivity index (χ2v) is 7.93. The van der Waals surface area contributed by atoms with E-state index in [2.05, 4.69) is 28.4 Å². The van der Waals surface area contributed by atoms with E-state index in [-0.39, 0.29) is 6.04 Å². The zero-order valence-electron chi connectivity index (χ0n) is 11.2. The summed E-state index contributed by atoms with van der Waals surface area (Å²) in [5.74, 6) is 0.670. The normalized spacial score (nSPS) is 28.3. The molecule has 0 amide bonds. The molecule has 1 saturated heterocycles. The van der Waals surface area contributed by atoms with Crippen LogP contribution in [-0.4, -0.2) is 50.5 Å². The van der Waals surface area contributed by atoms with Gasteiger partial charge in [-0.05, 0) is 31.5 Å². The fourth-order valence-corrected chi connectivity index (χ4v) is 4.91. The lowest BCUT2D eigenvalue weighted by Gasteiger charge is -2.26. The van der Waals surface area contributed by atoms with Crippen LogP contribution in [0.1, 0.15) is 12.0 Å². The minimum absolute atomic E-state index is 0.190. The van der Waals surface area contributed by atoms with Crippen LogP contribution in [0.2, 0.25) is 0 Å². The minimum atomic E-state index is -2.79. The van der Waals surface area contributed by atoms with Crippen LogP contribution in [0.25, 0.3) is 0 Å². The van der Waals surface area contributed by atoms with Gasteiger partial charge in [0.05, 0.1) is 11.5 Å². The molecule has 5 heteroatoms. The molecule has 1 aromatic carbocycles. The quantitative estimate of drug-likeness (QED) is 0.902. The second-order valence-electron chi connectivity index (χ2n) is 5.70. The molecule has 2 aliphatic rings. The van der Waals surface area contributed by atoms with E-state index in [1.54, 1.807) is 0 Å². The molecule has 0 radical (unpaired) electrons. The number of hydrogen-bond donors (Lipinski definition) is 1. The van der Waals surface area contributed by atoms with E-state index < -0.39 is 9.84 Å². The van der Waals surface area contributed by atoms with Crippen molar-refractivity contribution in [3.8, 4) is 0 Å². The molecule has 0 saturated carbocycles. The van der Waals surface area contributed by atoms with E-state index in [1.807, 2.05) is 13.1 Å². The summed E-state index contributed by atoms with van der Waals surface area (Å²) in [5, 5.41) is 3.52. The number of sulfone groups is 1. The van der Waals surface area contributed by atoms with Gasteiger partial charge < -0.3 is 10.2 Å². The van der Waals surface area contributed by atoms with Crippen molar-refractivity contribution < 1.29 is 8.42 Å². The van der Waals surface area contributed by atoms with E-state index >= 15 is 0 Å². The number of hydrogen-bond acceptors (Lipinski definition) is 4. The molecule has 19 heavy (non-hydrogen) atoms. The molecule has 2 atom stereocenters. The number of anilines is 1. The summed E-state index contributed by atoms with van der Waals surface area (Å²) in [7, 11) is -0.752. The third-order valence-corrected chi connectivity index (χ3v) is 5.93. The number of likely N-dealkylation sites (N-methyl/N-ethyl adjacent to an activating group) is 1. The van der Waals surface area contributed by atoms with Crippen LogP contribution in [-0.2, 0) is 16.3 Å². The van der Waals surface area contributed by atoms with Crippen LogP contribution in [0.3, 0.4) is 0 Å². The Balaban J connectivity index is 1.59. The summed E-state index contributed by atoms with van der Waals surface area (Å²) in [4.78, 5) is 2.20. The molecular weight excluding hydrogens is 260 g/mol. The van der Waals surface area contributed by atoms with Gasteiger partial charge in [0.2, 0.25) is 0 Å². The maximum Gasteiger partial charge on any atom is 0.151 e. The van der Waals surface area contributed by atoms with E-state index in [0.29, 0.717) is 17.5 Å². The standard InChI is InChI=1S/C14H20N2O2S/c1-16(13-6-7-19(17,18)10-13)9-12-8-11-4-2-3-5-14(11)15-12/h2-5,12-13,15H,6-10H2,1H3. The Labute approximate surface area is 114 Å². The molecule has 4 nitrogen and oxygen atoms in total. The number of fused-ring (bicyclic) bond motifs is 1. The maximum absolute atomic E-state index is 11.5. The third kappa shape index (κ3) is 2.77. The zero-order chi connectivity index (χ0) is 13.5. The van der Waals surface area contributed by atoms with Crippen LogP contribution in [0.4, 0.5) is 5.69 Å². The first-order valence-corrected chi connectivity index (χ1v) is 8.61. The molecule has 2 heterocycles. The molecule has 0 spiro atoms. The number of para-hydroxylation sites is 1. The Bertz CT molecular complexity index is 546. The second kappa shape index (κ2) is 4.80. The highest BCUT2D eigenvalue weighted by molar-refractivity contribution is 7.91. The van der Waals surface area contributed by atoms with Crippen LogP contribution in [0.5, 0.6) is 0 Å². The molecule has 0 aromatic heterocycles. The smallest absolute Gasteiger partial charge is 0.151 e. The molecule has 2 unspecified atom stereocenters. The van der Waals surface area contributed by atoms with Gasteiger partial charge in [-0.2, -0.15) is 0 Å². The molecule has 0 bridgehead atoms. The molecule has 3 rings (SSSR count). The van der Waals surface area contributed by atoms with Crippen molar-refractivity contribution in [1.82, 2.24) is 4.90 Å². The first-order valence-electron chi connectivity index (χ1n) is 6.78. The molecular formula is C14H20N2O2S. The molecule has 1 aromatic rings. The van der Waals surface area contributed by atoms with Crippen LogP contribution >= 0.6 is 0 Å². The van der Waals surface area contributed by atoms with Gasteiger partial charge in [0.15, 0.2) is 9.84 Å². The fraction of sp³-hybridized carbons (Fsp3) is 0.571. The Morgan fingerprint density at radius 3 is 2.84 bits per heavy atom. The van der Waals surface area contributed by atoms with Crippen molar-refractivity contribution in [2.75, 3.05) is 30.4 Å². The number of nitrogens with one attached hydrogen (secondary N) is 1. The summed E-state index contributed by atoms with van der Waals surface area (Å²) in [6.45, 7) is 0.898. The van der Waals surface area contributed by atoms with Crippen molar-refractivity contribution >= 4 is 15.5 Å². The lowest BCUT2D eigenvalue weighted by Crippen LogP contribution is -2.40. The van der Waals surface area contributed by atoms with E-state index in [4.69, 9.17) is 0 Å². The molecule has 1 N–H and O–H groups in total. The zero-order valence-corrected chi connectivity index (χ0v) is 12.0. The van der Waals surface area contributed by atoms with Gasteiger partial charge in [0, 0.05) is 24.3 Å². The predicted octanol–water partition coefficient (Wildman–Crippen LogP) is 1.14. The summed E-state index contributed by atoms with van der Waals surface area (Å²) in [6, 6.07) is 8.95. The van der Waals surface area contributed by atoms with Crippen molar-refractivity contribution in [3.63, 3.8) is 0 Å². The largest absolute Gasteiger partial charge is 0.380 e. The van der Waals surface area contributed by atoms with Crippen molar-refractivity contribution in [1.29, 1.82) is 0 Å². The van der Waals surface area contributed by atoms with E-state index in [1.165, 1.54) is 11.3 Å². The summed E-state index contributed by atoms with van der Waals surface area (Å²) in [5.41, 5.74) is 2.58. The Morgan fingerprint density at radius 1 is 1.37 bits per heavy atom. The summed E-state index contributed by atoms with van der Waals surface area (Å²) >= 11 is 0. The highest BCUT2D eigenvalue weighted by atomic mass is 32.2. The minimum Gasteiger partial charge on any atom is -0.380 e. The summed E-state index contributed by atoms with van der Waals surface area (Å²) < 4.78 is 23.0. The van der Waals surface area contributed by atoms with Gasteiger partial charge in [0.1, 0.15) is 0 Å². The van der Waals surface area contributed by atoms with Gasteiger partial charge >= 0.3 is 0 Å². The van der Waals surface area contributed by atoms with Gasteiger partial charge in [-0.3, -0.25) is 0 Å². The summed E-state index contributed by atoms with van der Waals surface area (Å²) in [6.07, 6.45) is 1.80. The highest BCUT2D eigenvalue weighted by Crippen LogP contribution is 2.26.